The van der Waals surface area contributed by atoms with E-state index in [4.69, 9.17) is 10.5 Å². The fraction of sp³-hybridized carbons (Fsp3) is 0.100. The first-order valence-corrected chi connectivity index (χ1v) is 3.92. The zero-order chi connectivity index (χ0) is 10.6. The van der Waals surface area contributed by atoms with Gasteiger partial charge >= 0.3 is 0 Å². The zero-order valence-corrected chi connectivity index (χ0v) is 7.56. The van der Waals surface area contributed by atoms with Crippen molar-refractivity contribution in [3.8, 4) is 12.1 Å². The molecule has 0 unspecified atom stereocenters. The summed E-state index contributed by atoms with van der Waals surface area (Å²) in [4.78, 5) is 3.86. The van der Waals surface area contributed by atoms with E-state index in [0.717, 1.165) is 0 Å². The average Bonchev–Trinajstić information content (AvgIpc) is 2.56. The van der Waals surface area contributed by atoms with Gasteiger partial charge in [0.05, 0.1) is 5.69 Å². The molecule has 0 spiro atoms. The third-order valence-electron chi connectivity index (χ3n) is 1.72. The number of nitrogens with zero attached hydrogens (tertiary/aromatic N) is 4. The van der Waals surface area contributed by atoms with Gasteiger partial charge < -0.3 is 4.57 Å². The number of imidazole rings is 1. The summed E-state index contributed by atoms with van der Waals surface area (Å²) >= 11 is 0. The molecule has 14 heavy (non-hydrogen) atoms. The van der Waals surface area contributed by atoms with Crippen molar-refractivity contribution >= 4 is 6.08 Å². The van der Waals surface area contributed by atoms with Crippen molar-refractivity contribution in [3.05, 3.63) is 36.4 Å². The molecule has 1 aromatic heterocycles. The highest BCUT2D eigenvalue weighted by Gasteiger charge is 2.12. The number of rotatable bonds is 3. The van der Waals surface area contributed by atoms with Crippen LogP contribution < -0.4 is 0 Å². The summed E-state index contributed by atoms with van der Waals surface area (Å²) in [5.41, 5.74) is 0.780. The molecule has 68 valence electrons. The standard InChI is InChI=1S/C10H8N4/c1-3-5-14-9(4-2)8(6-11)13-10(14)7-12/h3-4H,1-2,5H2. The fourth-order valence-electron chi connectivity index (χ4n) is 1.15. The van der Waals surface area contributed by atoms with E-state index >= 15 is 0 Å². The van der Waals surface area contributed by atoms with E-state index in [1.165, 1.54) is 6.08 Å². The lowest BCUT2D eigenvalue weighted by Gasteiger charge is -2.01. The molecule has 0 aliphatic heterocycles. The van der Waals surface area contributed by atoms with Crippen LogP contribution in [-0.4, -0.2) is 9.55 Å². The van der Waals surface area contributed by atoms with Gasteiger partial charge in [-0.25, -0.2) is 4.98 Å². The molecule has 0 N–H and O–H groups in total. The van der Waals surface area contributed by atoms with Crippen LogP contribution in [0.1, 0.15) is 17.2 Å². The average molecular weight is 184 g/mol. The molecule has 0 aliphatic rings. The van der Waals surface area contributed by atoms with E-state index < -0.39 is 0 Å². The van der Waals surface area contributed by atoms with E-state index in [2.05, 4.69) is 18.1 Å². The van der Waals surface area contributed by atoms with Crippen LogP contribution in [0.4, 0.5) is 0 Å². The molecule has 4 nitrogen and oxygen atoms in total. The van der Waals surface area contributed by atoms with E-state index in [1.807, 2.05) is 12.1 Å². The van der Waals surface area contributed by atoms with Crippen LogP contribution in [-0.2, 0) is 6.54 Å². The van der Waals surface area contributed by atoms with Gasteiger partial charge in [0.2, 0.25) is 5.82 Å². The normalized spacial score (nSPS) is 8.71. The molecule has 0 saturated heterocycles. The number of hydrogen-bond donors (Lipinski definition) is 0. The monoisotopic (exact) mass is 184 g/mol. The second-order valence-corrected chi connectivity index (χ2v) is 2.50. The van der Waals surface area contributed by atoms with Gasteiger partial charge in [-0.1, -0.05) is 12.7 Å². The number of allylic oxidation sites excluding steroid dienone is 1. The molecular formula is C10H8N4. The summed E-state index contributed by atoms with van der Waals surface area (Å²) in [6.45, 7) is 7.58. The van der Waals surface area contributed by atoms with Gasteiger partial charge in [-0.2, -0.15) is 10.5 Å². The van der Waals surface area contributed by atoms with Crippen LogP contribution in [0.25, 0.3) is 6.08 Å². The lowest BCUT2D eigenvalue weighted by molar-refractivity contribution is 0.797. The van der Waals surface area contributed by atoms with Gasteiger partial charge in [0.25, 0.3) is 0 Å². The topological polar surface area (TPSA) is 65.4 Å². The maximum Gasteiger partial charge on any atom is 0.214 e. The predicted octanol–water partition coefficient (Wildman–Crippen LogP) is 1.46. The minimum Gasteiger partial charge on any atom is -0.311 e. The Bertz CT molecular complexity index is 454. The van der Waals surface area contributed by atoms with Crippen molar-refractivity contribution in [1.82, 2.24) is 9.55 Å². The first kappa shape index (κ1) is 9.76. The zero-order valence-electron chi connectivity index (χ0n) is 7.56. The second kappa shape index (κ2) is 4.06. The number of hydrogen-bond acceptors (Lipinski definition) is 3. The summed E-state index contributed by atoms with van der Waals surface area (Å²) in [7, 11) is 0. The minimum atomic E-state index is 0.205. The summed E-state index contributed by atoms with van der Waals surface area (Å²) in [5, 5.41) is 17.5. The van der Waals surface area contributed by atoms with Crippen LogP contribution in [0.15, 0.2) is 19.2 Å². The molecule has 0 aromatic carbocycles. The molecule has 0 atom stereocenters. The smallest absolute Gasteiger partial charge is 0.214 e. The van der Waals surface area contributed by atoms with Crippen LogP contribution in [0.5, 0.6) is 0 Å². The van der Waals surface area contributed by atoms with Crippen molar-refractivity contribution in [1.29, 1.82) is 10.5 Å². The molecule has 0 radical (unpaired) electrons. The molecule has 0 amide bonds. The third kappa shape index (κ3) is 1.41. The highest BCUT2D eigenvalue weighted by molar-refractivity contribution is 5.52. The summed E-state index contributed by atoms with van der Waals surface area (Å²) in [6.07, 6.45) is 3.15. The van der Waals surface area contributed by atoms with E-state index in [-0.39, 0.29) is 11.5 Å². The predicted molar refractivity (Wildman–Crippen MR) is 51.9 cm³/mol. The van der Waals surface area contributed by atoms with E-state index in [1.54, 1.807) is 10.6 Å². The highest BCUT2D eigenvalue weighted by atomic mass is 15.1. The molecular weight excluding hydrogens is 176 g/mol. The first-order valence-electron chi connectivity index (χ1n) is 3.92. The third-order valence-corrected chi connectivity index (χ3v) is 1.72. The lowest BCUT2D eigenvalue weighted by atomic mass is 10.3. The van der Waals surface area contributed by atoms with Gasteiger partial charge in [-0.15, -0.1) is 6.58 Å². The number of aromatic nitrogens is 2. The molecule has 4 heteroatoms. The Kier molecular flexibility index (Phi) is 2.83. The maximum atomic E-state index is 8.76. The molecule has 0 saturated carbocycles. The van der Waals surface area contributed by atoms with Crippen molar-refractivity contribution in [2.75, 3.05) is 0 Å². The largest absolute Gasteiger partial charge is 0.311 e. The first-order chi connectivity index (χ1) is 6.78. The van der Waals surface area contributed by atoms with Gasteiger partial charge in [0.15, 0.2) is 5.69 Å². The van der Waals surface area contributed by atoms with E-state index in [0.29, 0.717) is 12.2 Å². The van der Waals surface area contributed by atoms with Crippen molar-refractivity contribution in [2.24, 2.45) is 0 Å². The maximum absolute atomic E-state index is 8.76. The minimum absolute atomic E-state index is 0.205. The summed E-state index contributed by atoms with van der Waals surface area (Å²) in [6, 6.07) is 3.83. The van der Waals surface area contributed by atoms with Crippen molar-refractivity contribution in [2.45, 2.75) is 6.54 Å². The van der Waals surface area contributed by atoms with Crippen molar-refractivity contribution < 1.29 is 0 Å². The molecule has 0 aliphatic carbocycles. The van der Waals surface area contributed by atoms with Crippen LogP contribution in [0.3, 0.4) is 0 Å². The Morgan fingerprint density at radius 1 is 1.36 bits per heavy atom. The Morgan fingerprint density at radius 3 is 2.50 bits per heavy atom. The van der Waals surface area contributed by atoms with Gasteiger partial charge in [0.1, 0.15) is 12.1 Å². The second-order valence-electron chi connectivity index (χ2n) is 2.50. The highest BCUT2D eigenvalue weighted by Crippen LogP contribution is 2.12. The van der Waals surface area contributed by atoms with Crippen molar-refractivity contribution in [3.63, 3.8) is 0 Å². The van der Waals surface area contributed by atoms with Crippen LogP contribution >= 0.6 is 0 Å². The number of nitriles is 2. The molecule has 1 heterocycles. The quantitative estimate of drug-likeness (QED) is 0.668. The molecule has 0 fully saturated rings. The summed E-state index contributed by atoms with van der Waals surface area (Å²) in [5.74, 6) is 0.205. The Balaban J connectivity index is 3.43. The van der Waals surface area contributed by atoms with Crippen LogP contribution in [0.2, 0.25) is 0 Å². The molecule has 1 aromatic rings. The Labute approximate surface area is 82.0 Å². The molecule has 0 bridgehead atoms. The van der Waals surface area contributed by atoms with Gasteiger partial charge in [-0.05, 0) is 6.08 Å². The van der Waals surface area contributed by atoms with Gasteiger partial charge in [-0.3, -0.25) is 0 Å². The summed E-state index contributed by atoms with van der Waals surface area (Å²) < 4.78 is 1.60. The van der Waals surface area contributed by atoms with Crippen LogP contribution in [0, 0.1) is 22.7 Å². The lowest BCUT2D eigenvalue weighted by Crippen LogP contribution is -2.00. The van der Waals surface area contributed by atoms with E-state index in [9.17, 15) is 0 Å². The SMILES string of the molecule is C=CCn1c(C#N)nc(C#N)c1C=C. The van der Waals surface area contributed by atoms with Gasteiger partial charge in [0, 0.05) is 6.54 Å². The Morgan fingerprint density at radius 2 is 2.07 bits per heavy atom. The fourth-order valence-corrected chi connectivity index (χ4v) is 1.15. The Hall–Kier alpha value is -2.33. The molecule has 1 rings (SSSR count).